The van der Waals surface area contributed by atoms with Crippen molar-refractivity contribution >= 4 is 23.2 Å². The summed E-state index contributed by atoms with van der Waals surface area (Å²) in [4.78, 5) is 31.0. The van der Waals surface area contributed by atoms with Crippen LogP contribution in [0.2, 0.25) is 0 Å². The number of aryl methyl sites for hydroxylation is 1. The van der Waals surface area contributed by atoms with Gasteiger partial charge in [-0.05, 0) is 35.9 Å². The molecule has 0 aliphatic rings. The lowest BCUT2D eigenvalue weighted by molar-refractivity contribution is -0.121. The third kappa shape index (κ3) is 4.49. The van der Waals surface area contributed by atoms with Gasteiger partial charge in [0, 0.05) is 12.8 Å². The second-order valence-corrected chi connectivity index (χ2v) is 5.75. The Hall–Kier alpha value is -3.68. The second-order valence-electron chi connectivity index (χ2n) is 5.75. The van der Waals surface area contributed by atoms with Crippen LogP contribution >= 0.6 is 0 Å². The number of H-pyrrole nitrogens is 1. The lowest BCUT2D eigenvalue weighted by Gasteiger charge is -2.03. The van der Waals surface area contributed by atoms with Crippen molar-refractivity contribution in [3.63, 3.8) is 0 Å². The van der Waals surface area contributed by atoms with E-state index in [9.17, 15) is 14.7 Å². The van der Waals surface area contributed by atoms with E-state index in [1.54, 1.807) is 24.3 Å². The van der Waals surface area contributed by atoms with E-state index in [0.717, 1.165) is 0 Å². The average molecular weight is 366 g/mol. The van der Waals surface area contributed by atoms with E-state index in [4.69, 9.17) is 4.74 Å². The van der Waals surface area contributed by atoms with E-state index in [2.05, 4.69) is 20.5 Å². The molecule has 0 aliphatic heterocycles. The van der Waals surface area contributed by atoms with E-state index in [-0.39, 0.29) is 30.1 Å². The number of hydrogen-bond acceptors (Lipinski definition) is 6. The Bertz CT molecular complexity index is 1060. The van der Waals surface area contributed by atoms with E-state index in [1.165, 1.54) is 19.4 Å². The van der Waals surface area contributed by atoms with Crippen molar-refractivity contribution in [2.45, 2.75) is 12.8 Å². The van der Waals surface area contributed by atoms with Gasteiger partial charge in [0.25, 0.3) is 5.56 Å². The van der Waals surface area contributed by atoms with Crippen LogP contribution in [0.25, 0.3) is 11.0 Å². The summed E-state index contributed by atoms with van der Waals surface area (Å²) in [5, 5.41) is 13.5. The standard InChI is InChI=1S/C19H18N4O4/c1-27-17-8-6-12(10-16(17)24)11-20-23-18(25)9-7-15-19(26)22-14-5-3-2-4-13(14)21-15/h2-6,8,10-11,24H,7,9H2,1H3,(H,22,26)(H,23,25)/b20-11+. The molecule has 1 heterocycles. The molecule has 3 N–H and O–H groups in total. The highest BCUT2D eigenvalue weighted by Gasteiger charge is 2.08. The Kier molecular flexibility index (Phi) is 5.46. The van der Waals surface area contributed by atoms with E-state index in [0.29, 0.717) is 28.0 Å². The van der Waals surface area contributed by atoms with Gasteiger partial charge in [-0.2, -0.15) is 5.10 Å². The highest BCUT2D eigenvalue weighted by molar-refractivity contribution is 5.83. The number of ether oxygens (including phenoxy) is 1. The van der Waals surface area contributed by atoms with Crippen molar-refractivity contribution in [3.8, 4) is 11.5 Å². The Morgan fingerprint density at radius 3 is 2.93 bits per heavy atom. The Morgan fingerprint density at radius 2 is 2.15 bits per heavy atom. The van der Waals surface area contributed by atoms with Crippen molar-refractivity contribution in [1.82, 2.24) is 15.4 Å². The molecule has 0 fully saturated rings. The number of carbonyl (C=O) groups is 1. The third-order valence-electron chi connectivity index (χ3n) is 3.86. The topological polar surface area (TPSA) is 117 Å². The number of methoxy groups -OCH3 is 1. The first-order chi connectivity index (χ1) is 13.1. The first kappa shape index (κ1) is 18.1. The fourth-order valence-corrected chi connectivity index (χ4v) is 2.49. The van der Waals surface area contributed by atoms with Gasteiger partial charge in [0.2, 0.25) is 5.91 Å². The summed E-state index contributed by atoms with van der Waals surface area (Å²) in [6.45, 7) is 0. The van der Waals surface area contributed by atoms with Gasteiger partial charge in [0.15, 0.2) is 11.5 Å². The number of para-hydroxylation sites is 2. The van der Waals surface area contributed by atoms with Crippen LogP contribution in [0.1, 0.15) is 17.7 Å². The molecule has 0 atom stereocenters. The van der Waals surface area contributed by atoms with Crippen molar-refractivity contribution < 1.29 is 14.6 Å². The number of aromatic amines is 1. The largest absolute Gasteiger partial charge is 0.504 e. The minimum atomic E-state index is -0.349. The number of phenols is 1. The first-order valence-corrected chi connectivity index (χ1v) is 8.23. The van der Waals surface area contributed by atoms with Gasteiger partial charge in [-0.25, -0.2) is 10.4 Å². The van der Waals surface area contributed by atoms with Crippen LogP contribution in [0.4, 0.5) is 0 Å². The van der Waals surface area contributed by atoms with Crippen LogP contribution in [0.15, 0.2) is 52.4 Å². The fourth-order valence-electron chi connectivity index (χ4n) is 2.49. The number of carbonyl (C=O) groups excluding carboxylic acids is 1. The number of aromatic nitrogens is 2. The summed E-state index contributed by atoms with van der Waals surface area (Å²) >= 11 is 0. The molecular formula is C19H18N4O4. The van der Waals surface area contributed by atoms with Gasteiger partial charge in [-0.1, -0.05) is 12.1 Å². The molecule has 0 radical (unpaired) electrons. The summed E-state index contributed by atoms with van der Waals surface area (Å²) in [5.41, 5.74) is 4.30. The van der Waals surface area contributed by atoms with Crippen LogP contribution in [-0.4, -0.2) is 34.3 Å². The minimum Gasteiger partial charge on any atom is -0.504 e. The van der Waals surface area contributed by atoms with Gasteiger partial charge in [0.05, 0.1) is 24.4 Å². The van der Waals surface area contributed by atoms with Crippen molar-refractivity contribution in [1.29, 1.82) is 0 Å². The summed E-state index contributed by atoms with van der Waals surface area (Å²) in [6, 6.07) is 12.0. The van der Waals surface area contributed by atoms with Crippen molar-refractivity contribution in [3.05, 3.63) is 64.1 Å². The maximum Gasteiger partial charge on any atom is 0.270 e. The lowest BCUT2D eigenvalue weighted by atomic mass is 10.2. The molecule has 138 valence electrons. The number of nitrogens with zero attached hydrogens (tertiary/aromatic N) is 2. The van der Waals surface area contributed by atoms with Crippen molar-refractivity contribution in [2.24, 2.45) is 5.10 Å². The Labute approximate surface area is 154 Å². The lowest BCUT2D eigenvalue weighted by Crippen LogP contribution is -2.21. The summed E-state index contributed by atoms with van der Waals surface area (Å²) in [5.74, 6) is -0.0167. The van der Waals surface area contributed by atoms with Gasteiger partial charge < -0.3 is 14.8 Å². The van der Waals surface area contributed by atoms with Gasteiger partial charge >= 0.3 is 0 Å². The second kappa shape index (κ2) is 8.13. The number of benzene rings is 2. The molecule has 1 aromatic heterocycles. The molecule has 3 rings (SSSR count). The number of hydrazone groups is 1. The molecule has 0 unspecified atom stereocenters. The summed E-state index contributed by atoms with van der Waals surface area (Å²) in [7, 11) is 1.46. The zero-order valence-electron chi connectivity index (χ0n) is 14.6. The number of fused-ring (bicyclic) bond motifs is 1. The molecule has 0 spiro atoms. The number of rotatable bonds is 6. The molecule has 1 amide bonds. The smallest absolute Gasteiger partial charge is 0.270 e. The average Bonchev–Trinajstić information content (AvgIpc) is 2.66. The van der Waals surface area contributed by atoms with Gasteiger partial charge in [-0.15, -0.1) is 0 Å². The monoisotopic (exact) mass is 366 g/mol. The quantitative estimate of drug-likeness (QED) is 0.454. The van der Waals surface area contributed by atoms with Crippen LogP contribution < -0.4 is 15.7 Å². The predicted molar refractivity (Wildman–Crippen MR) is 101 cm³/mol. The molecule has 8 nitrogen and oxygen atoms in total. The van der Waals surface area contributed by atoms with Gasteiger partial charge in [-0.3, -0.25) is 9.59 Å². The molecule has 0 saturated heterocycles. The number of hydrogen-bond donors (Lipinski definition) is 3. The fraction of sp³-hybridized carbons (Fsp3) is 0.158. The maximum absolute atomic E-state index is 12.0. The summed E-state index contributed by atoms with van der Waals surface area (Å²) < 4.78 is 4.95. The Balaban J connectivity index is 1.58. The highest BCUT2D eigenvalue weighted by Crippen LogP contribution is 2.25. The van der Waals surface area contributed by atoms with E-state index >= 15 is 0 Å². The van der Waals surface area contributed by atoms with Crippen LogP contribution in [0.3, 0.4) is 0 Å². The first-order valence-electron chi connectivity index (χ1n) is 8.23. The SMILES string of the molecule is COc1ccc(/C=N/NC(=O)CCc2nc3ccccc3[nH]c2=O)cc1O. The minimum absolute atomic E-state index is 0.0191. The van der Waals surface area contributed by atoms with Gasteiger partial charge in [0.1, 0.15) is 5.69 Å². The molecule has 0 aliphatic carbocycles. The zero-order valence-corrected chi connectivity index (χ0v) is 14.6. The third-order valence-corrected chi connectivity index (χ3v) is 3.86. The number of amides is 1. The molecule has 0 bridgehead atoms. The molecule has 3 aromatic rings. The number of phenolic OH excluding ortho intramolecular Hbond substituents is 1. The molecule has 0 saturated carbocycles. The molecule has 2 aromatic carbocycles. The number of nitrogens with one attached hydrogen (secondary N) is 2. The number of aromatic hydroxyl groups is 1. The van der Waals surface area contributed by atoms with Crippen LogP contribution in [0, 0.1) is 0 Å². The van der Waals surface area contributed by atoms with Crippen LogP contribution in [0.5, 0.6) is 11.5 Å². The normalized spacial score (nSPS) is 11.0. The van der Waals surface area contributed by atoms with Crippen molar-refractivity contribution in [2.75, 3.05) is 7.11 Å². The zero-order chi connectivity index (χ0) is 19.2. The molecule has 8 heteroatoms. The van der Waals surface area contributed by atoms with E-state index < -0.39 is 0 Å². The summed E-state index contributed by atoms with van der Waals surface area (Å²) in [6.07, 6.45) is 1.67. The van der Waals surface area contributed by atoms with Crippen LogP contribution in [-0.2, 0) is 11.2 Å². The predicted octanol–water partition coefficient (Wildman–Crippen LogP) is 1.72. The van der Waals surface area contributed by atoms with E-state index in [1.807, 2.05) is 12.1 Å². The molecule has 27 heavy (non-hydrogen) atoms. The highest BCUT2D eigenvalue weighted by atomic mass is 16.5. The molecular weight excluding hydrogens is 348 g/mol. The Morgan fingerprint density at radius 1 is 1.33 bits per heavy atom. The maximum atomic E-state index is 12.0.